The van der Waals surface area contributed by atoms with Gasteiger partial charge in [0.2, 0.25) is 5.82 Å². The van der Waals surface area contributed by atoms with E-state index in [-0.39, 0.29) is 18.2 Å². The molecule has 0 aliphatic heterocycles. The zero-order valence-corrected chi connectivity index (χ0v) is 17.0. The van der Waals surface area contributed by atoms with Gasteiger partial charge >= 0.3 is 0 Å². The maximum atomic E-state index is 10.6. The molecule has 4 rings (SSSR count). The van der Waals surface area contributed by atoms with Crippen LogP contribution in [0.1, 0.15) is 37.9 Å². The molecule has 3 N–H and O–H groups in total. The van der Waals surface area contributed by atoms with Gasteiger partial charge < -0.3 is 15.4 Å². The van der Waals surface area contributed by atoms with Gasteiger partial charge in [-0.25, -0.2) is 15.0 Å². The Balaban J connectivity index is 0.00000225. The highest BCUT2D eigenvalue weighted by atomic mass is 35.5. The molecular weight excluding hydrogens is 397 g/mol. The normalized spacial score (nSPS) is 15.5. The second-order valence-corrected chi connectivity index (χ2v) is 7.39. The van der Waals surface area contributed by atoms with Gasteiger partial charge in [0.15, 0.2) is 17.0 Å². The SMILES string of the molecule is Cl.Cn1c(-c2cccc(Cl)c2)nc2c(N)nc(C#CC3(O)CCCCC3)nc21. The smallest absolute Gasteiger partial charge is 0.209 e. The maximum absolute atomic E-state index is 10.6. The first-order valence-corrected chi connectivity index (χ1v) is 9.34. The summed E-state index contributed by atoms with van der Waals surface area (Å²) >= 11 is 6.10. The fourth-order valence-electron chi connectivity index (χ4n) is 3.46. The van der Waals surface area contributed by atoms with Crippen molar-refractivity contribution in [3.05, 3.63) is 35.1 Å². The zero-order chi connectivity index (χ0) is 19.0. The summed E-state index contributed by atoms with van der Waals surface area (Å²) in [6.07, 6.45) is 4.47. The monoisotopic (exact) mass is 417 g/mol. The number of hydrogen-bond donors (Lipinski definition) is 2. The number of anilines is 1. The fraction of sp³-hybridized carbons (Fsp3) is 0.350. The van der Waals surface area contributed by atoms with Gasteiger partial charge in [-0.2, -0.15) is 0 Å². The molecule has 0 bridgehead atoms. The zero-order valence-electron chi connectivity index (χ0n) is 15.4. The molecule has 1 aliphatic carbocycles. The van der Waals surface area contributed by atoms with Crippen molar-refractivity contribution in [3.8, 4) is 23.2 Å². The Bertz CT molecular complexity index is 1080. The van der Waals surface area contributed by atoms with E-state index in [0.29, 0.717) is 40.7 Å². The molecule has 28 heavy (non-hydrogen) atoms. The Labute approximate surface area is 174 Å². The second kappa shape index (κ2) is 7.96. The number of aliphatic hydroxyl groups is 1. The van der Waals surface area contributed by atoms with Crippen LogP contribution in [-0.4, -0.2) is 30.2 Å². The molecular formula is C20H21Cl2N5O. The van der Waals surface area contributed by atoms with Crippen LogP contribution >= 0.6 is 24.0 Å². The maximum Gasteiger partial charge on any atom is 0.209 e. The molecule has 3 aromatic rings. The first-order chi connectivity index (χ1) is 13.0. The van der Waals surface area contributed by atoms with E-state index in [0.717, 1.165) is 24.8 Å². The van der Waals surface area contributed by atoms with Gasteiger partial charge in [0.05, 0.1) is 0 Å². The van der Waals surface area contributed by atoms with Crippen molar-refractivity contribution >= 4 is 41.0 Å². The molecule has 146 valence electrons. The molecule has 1 saturated carbocycles. The lowest BCUT2D eigenvalue weighted by Gasteiger charge is -2.26. The molecule has 2 heterocycles. The van der Waals surface area contributed by atoms with Gasteiger partial charge in [-0.1, -0.05) is 36.1 Å². The average Bonchev–Trinajstić information content (AvgIpc) is 2.98. The summed E-state index contributed by atoms with van der Waals surface area (Å²) in [5, 5.41) is 11.2. The van der Waals surface area contributed by atoms with Crippen molar-refractivity contribution in [3.63, 3.8) is 0 Å². The van der Waals surface area contributed by atoms with Crippen molar-refractivity contribution in [2.45, 2.75) is 37.7 Å². The van der Waals surface area contributed by atoms with E-state index in [9.17, 15) is 5.11 Å². The van der Waals surface area contributed by atoms with Gasteiger partial charge in [-0.15, -0.1) is 12.4 Å². The summed E-state index contributed by atoms with van der Waals surface area (Å²) in [6.45, 7) is 0. The van der Waals surface area contributed by atoms with E-state index in [4.69, 9.17) is 17.3 Å². The van der Waals surface area contributed by atoms with Gasteiger partial charge in [0, 0.05) is 17.6 Å². The molecule has 0 radical (unpaired) electrons. The summed E-state index contributed by atoms with van der Waals surface area (Å²) < 4.78 is 1.85. The van der Waals surface area contributed by atoms with Crippen LogP contribution in [-0.2, 0) is 7.05 Å². The van der Waals surface area contributed by atoms with E-state index in [1.54, 1.807) is 0 Å². The van der Waals surface area contributed by atoms with Crippen LogP contribution in [0.25, 0.3) is 22.6 Å². The van der Waals surface area contributed by atoms with Crippen LogP contribution in [0.4, 0.5) is 5.82 Å². The predicted molar refractivity (Wildman–Crippen MR) is 113 cm³/mol. The molecule has 0 atom stereocenters. The van der Waals surface area contributed by atoms with Crippen molar-refractivity contribution < 1.29 is 5.11 Å². The topological polar surface area (TPSA) is 89.9 Å². The molecule has 6 nitrogen and oxygen atoms in total. The minimum atomic E-state index is -0.955. The van der Waals surface area contributed by atoms with E-state index >= 15 is 0 Å². The Kier molecular flexibility index (Phi) is 5.80. The van der Waals surface area contributed by atoms with Crippen LogP contribution < -0.4 is 5.73 Å². The minimum absolute atomic E-state index is 0. The highest BCUT2D eigenvalue weighted by Crippen LogP contribution is 2.28. The molecule has 0 amide bonds. The number of benzene rings is 1. The Morgan fingerprint density at radius 1 is 1.18 bits per heavy atom. The summed E-state index contributed by atoms with van der Waals surface area (Å²) in [4.78, 5) is 13.4. The molecule has 1 fully saturated rings. The summed E-state index contributed by atoms with van der Waals surface area (Å²) in [5.41, 5.74) is 7.14. The minimum Gasteiger partial charge on any atom is -0.382 e. The van der Waals surface area contributed by atoms with E-state index in [1.165, 1.54) is 0 Å². The predicted octanol–water partition coefficient (Wildman–Crippen LogP) is 3.73. The number of nitrogen functional groups attached to an aromatic ring is 1. The largest absolute Gasteiger partial charge is 0.382 e. The standard InChI is InChI=1S/C20H20ClN5O.ClH/c1-26-18(13-6-5-7-14(21)12-13)25-16-17(22)23-15(24-19(16)26)8-11-20(27)9-3-2-4-10-20;/h5-7,12,27H,2-4,9-10H2,1H3,(H2,22,23,24);1H. The molecule has 0 spiro atoms. The summed E-state index contributed by atoms with van der Waals surface area (Å²) in [7, 11) is 1.86. The number of rotatable bonds is 1. The Hall–Kier alpha value is -2.33. The lowest BCUT2D eigenvalue weighted by molar-refractivity contribution is 0.0610. The van der Waals surface area contributed by atoms with Crippen LogP contribution in [0.3, 0.4) is 0 Å². The Morgan fingerprint density at radius 3 is 2.64 bits per heavy atom. The first-order valence-electron chi connectivity index (χ1n) is 8.97. The van der Waals surface area contributed by atoms with Crippen molar-refractivity contribution in [1.29, 1.82) is 0 Å². The van der Waals surface area contributed by atoms with E-state index < -0.39 is 5.60 Å². The third-order valence-corrected chi connectivity index (χ3v) is 5.15. The van der Waals surface area contributed by atoms with Crippen molar-refractivity contribution in [1.82, 2.24) is 19.5 Å². The van der Waals surface area contributed by atoms with E-state index in [1.807, 2.05) is 35.9 Å². The van der Waals surface area contributed by atoms with Gasteiger partial charge in [0.25, 0.3) is 0 Å². The number of nitrogens with zero attached hydrogens (tertiary/aromatic N) is 4. The third-order valence-electron chi connectivity index (χ3n) is 4.92. The number of halogens is 2. The quantitative estimate of drug-likeness (QED) is 0.588. The number of imidazole rings is 1. The Morgan fingerprint density at radius 2 is 1.93 bits per heavy atom. The third kappa shape index (κ3) is 3.93. The number of fused-ring (bicyclic) bond motifs is 1. The highest BCUT2D eigenvalue weighted by molar-refractivity contribution is 6.30. The number of hydrogen-bond acceptors (Lipinski definition) is 5. The summed E-state index contributed by atoms with van der Waals surface area (Å²) in [5.74, 6) is 7.12. The van der Waals surface area contributed by atoms with E-state index in [2.05, 4.69) is 26.8 Å². The molecule has 1 aliphatic rings. The average molecular weight is 418 g/mol. The molecule has 2 aromatic heterocycles. The molecule has 8 heteroatoms. The number of nitrogens with two attached hydrogens (primary N) is 1. The second-order valence-electron chi connectivity index (χ2n) is 6.95. The summed E-state index contributed by atoms with van der Waals surface area (Å²) in [6, 6.07) is 7.45. The first kappa shape index (κ1) is 20.4. The highest BCUT2D eigenvalue weighted by Gasteiger charge is 2.26. The number of aromatic nitrogens is 4. The van der Waals surface area contributed by atoms with Crippen LogP contribution in [0.5, 0.6) is 0 Å². The van der Waals surface area contributed by atoms with Crippen molar-refractivity contribution in [2.24, 2.45) is 7.05 Å². The lowest BCUT2D eigenvalue weighted by Crippen LogP contribution is -2.29. The van der Waals surface area contributed by atoms with Crippen LogP contribution in [0.15, 0.2) is 24.3 Å². The molecule has 0 saturated heterocycles. The fourth-order valence-corrected chi connectivity index (χ4v) is 3.65. The molecule has 1 aromatic carbocycles. The van der Waals surface area contributed by atoms with Crippen molar-refractivity contribution in [2.75, 3.05) is 5.73 Å². The van der Waals surface area contributed by atoms with Gasteiger partial charge in [-0.05, 0) is 43.7 Å². The van der Waals surface area contributed by atoms with Crippen LogP contribution in [0.2, 0.25) is 5.02 Å². The van der Waals surface area contributed by atoms with Crippen LogP contribution in [0, 0.1) is 11.8 Å². The van der Waals surface area contributed by atoms with Gasteiger partial charge in [-0.3, -0.25) is 0 Å². The molecule has 0 unspecified atom stereocenters. The number of aryl methyl sites for hydroxylation is 1. The van der Waals surface area contributed by atoms with Gasteiger partial charge in [0.1, 0.15) is 11.4 Å². The lowest BCUT2D eigenvalue weighted by atomic mass is 9.85.